The Balaban J connectivity index is 1.36. The highest BCUT2D eigenvalue weighted by Gasteiger charge is 2.26. The second kappa shape index (κ2) is 9.72. The lowest BCUT2D eigenvalue weighted by Gasteiger charge is -2.29. The van der Waals surface area contributed by atoms with E-state index in [0.717, 1.165) is 31.2 Å². The first kappa shape index (κ1) is 21.7. The first-order valence-electron chi connectivity index (χ1n) is 10.9. The Morgan fingerprint density at radius 1 is 0.969 bits per heavy atom. The lowest BCUT2D eigenvalue weighted by molar-refractivity contribution is -0.137. The standard InChI is InChI=1S/C24H27N3O5/c1-15-6-2-4-8-18(15)26-23(29)24(30)27-19-9-5-3-7-17(19)22(28)25-13-16-10-11-20-21(12-16)32-14-31-20/h3,5,7,9-12,15,18H,2,4,6,8,13-14H2,1H3,(H,25,28)(H,26,29)(H,27,30)/t15-,18-/m1/s1. The van der Waals surface area contributed by atoms with Crippen LogP contribution in [0.25, 0.3) is 0 Å². The Hall–Kier alpha value is -3.55. The van der Waals surface area contributed by atoms with Gasteiger partial charge in [0.05, 0.1) is 11.3 Å². The largest absolute Gasteiger partial charge is 0.454 e. The van der Waals surface area contributed by atoms with Crippen molar-refractivity contribution < 1.29 is 23.9 Å². The van der Waals surface area contributed by atoms with Gasteiger partial charge in [0.2, 0.25) is 6.79 Å². The monoisotopic (exact) mass is 437 g/mol. The Kier molecular flexibility index (Phi) is 6.58. The Bertz CT molecular complexity index is 1020. The maximum Gasteiger partial charge on any atom is 0.313 e. The van der Waals surface area contributed by atoms with Gasteiger partial charge < -0.3 is 25.4 Å². The average Bonchev–Trinajstić information content (AvgIpc) is 3.27. The van der Waals surface area contributed by atoms with Crippen LogP contribution in [0.4, 0.5) is 5.69 Å². The molecule has 1 fully saturated rings. The first-order valence-corrected chi connectivity index (χ1v) is 10.9. The van der Waals surface area contributed by atoms with E-state index in [-0.39, 0.29) is 36.5 Å². The minimum atomic E-state index is -0.779. The molecule has 1 saturated carbocycles. The van der Waals surface area contributed by atoms with Crippen LogP contribution in [0.15, 0.2) is 42.5 Å². The van der Waals surface area contributed by atoms with Crippen LogP contribution in [0.2, 0.25) is 0 Å². The van der Waals surface area contributed by atoms with Gasteiger partial charge in [-0.25, -0.2) is 0 Å². The molecular weight excluding hydrogens is 410 g/mol. The average molecular weight is 437 g/mol. The lowest BCUT2D eigenvalue weighted by Crippen LogP contribution is -2.46. The topological polar surface area (TPSA) is 106 Å². The number of fused-ring (bicyclic) bond motifs is 1. The summed E-state index contributed by atoms with van der Waals surface area (Å²) in [6.45, 7) is 2.55. The van der Waals surface area contributed by atoms with Crippen LogP contribution in [0, 0.1) is 5.92 Å². The number of carbonyl (C=O) groups is 3. The highest BCUT2D eigenvalue weighted by molar-refractivity contribution is 6.40. The van der Waals surface area contributed by atoms with E-state index in [1.54, 1.807) is 30.3 Å². The van der Waals surface area contributed by atoms with Crippen molar-refractivity contribution in [1.82, 2.24) is 10.6 Å². The molecule has 2 aromatic carbocycles. The van der Waals surface area contributed by atoms with Crippen molar-refractivity contribution in [3.05, 3.63) is 53.6 Å². The van der Waals surface area contributed by atoms with Crippen LogP contribution in [-0.2, 0) is 16.1 Å². The van der Waals surface area contributed by atoms with Gasteiger partial charge in [0, 0.05) is 12.6 Å². The van der Waals surface area contributed by atoms with Gasteiger partial charge >= 0.3 is 11.8 Å². The van der Waals surface area contributed by atoms with Gasteiger partial charge in [0.1, 0.15) is 0 Å². The second-order valence-corrected chi connectivity index (χ2v) is 8.21. The zero-order valence-electron chi connectivity index (χ0n) is 18.0. The van der Waals surface area contributed by atoms with Gasteiger partial charge in [0.25, 0.3) is 5.91 Å². The van der Waals surface area contributed by atoms with Crippen molar-refractivity contribution in [2.45, 2.75) is 45.2 Å². The van der Waals surface area contributed by atoms with Crippen LogP contribution in [0.1, 0.15) is 48.5 Å². The van der Waals surface area contributed by atoms with Crippen molar-refractivity contribution >= 4 is 23.4 Å². The molecule has 32 heavy (non-hydrogen) atoms. The van der Waals surface area contributed by atoms with E-state index in [4.69, 9.17) is 9.47 Å². The zero-order valence-corrected chi connectivity index (χ0v) is 18.0. The third-order valence-corrected chi connectivity index (χ3v) is 5.94. The fourth-order valence-corrected chi connectivity index (χ4v) is 4.06. The van der Waals surface area contributed by atoms with Crippen LogP contribution in [-0.4, -0.2) is 30.6 Å². The molecule has 3 N–H and O–H groups in total. The fourth-order valence-electron chi connectivity index (χ4n) is 4.06. The quantitative estimate of drug-likeness (QED) is 0.624. The molecule has 8 heteroatoms. The summed E-state index contributed by atoms with van der Waals surface area (Å²) in [6, 6.07) is 12.1. The Labute approximate surface area is 186 Å². The lowest BCUT2D eigenvalue weighted by atomic mass is 9.86. The summed E-state index contributed by atoms with van der Waals surface area (Å²) < 4.78 is 10.6. The summed E-state index contributed by atoms with van der Waals surface area (Å²) in [6.07, 6.45) is 4.11. The zero-order chi connectivity index (χ0) is 22.5. The van der Waals surface area contributed by atoms with E-state index in [2.05, 4.69) is 22.9 Å². The van der Waals surface area contributed by atoms with E-state index in [0.29, 0.717) is 17.4 Å². The SMILES string of the molecule is C[C@@H]1CCCC[C@H]1NC(=O)C(=O)Nc1ccccc1C(=O)NCc1ccc2c(c1)OCO2. The van der Waals surface area contributed by atoms with Crippen LogP contribution < -0.4 is 25.4 Å². The molecule has 1 aliphatic heterocycles. The number of amides is 3. The molecule has 2 atom stereocenters. The Morgan fingerprint density at radius 3 is 2.59 bits per heavy atom. The van der Waals surface area contributed by atoms with Crippen LogP contribution in [0.5, 0.6) is 11.5 Å². The summed E-state index contributed by atoms with van der Waals surface area (Å²) in [7, 11) is 0. The number of hydrogen-bond donors (Lipinski definition) is 3. The summed E-state index contributed by atoms with van der Waals surface area (Å²) in [5, 5.41) is 8.24. The predicted molar refractivity (Wildman–Crippen MR) is 118 cm³/mol. The molecule has 0 bridgehead atoms. The van der Waals surface area contributed by atoms with E-state index < -0.39 is 11.8 Å². The molecule has 2 aliphatic rings. The number of hydrogen-bond acceptors (Lipinski definition) is 5. The molecule has 0 unspecified atom stereocenters. The van der Waals surface area contributed by atoms with E-state index >= 15 is 0 Å². The maximum atomic E-state index is 12.8. The molecule has 2 aromatic rings. The Morgan fingerprint density at radius 2 is 1.75 bits per heavy atom. The predicted octanol–water partition coefficient (Wildman–Crippen LogP) is 2.98. The second-order valence-electron chi connectivity index (χ2n) is 8.21. The molecule has 0 radical (unpaired) electrons. The van der Waals surface area contributed by atoms with Gasteiger partial charge in [0.15, 0.2) is 11.5 Å². The van der Waals surface area contributed by atoms with Gasteiger partial charge in [-0.1, -0.05) is 38.0 Å². The number of nitrogens with one attached hydrogen (secondary N) is 3. The summed E-state index contributed by atoms with van der Waals surface area (Å²) in [4.78, 5) is 37.6. The number of carbonyl (C=O) groups excluding carboxylic acids is 3. The molecule has 8 nitrogen and oxygen atoms in total. The van der Waals surface area contributed by atoms with Crippen LogP contribution >= 0.6 is 0 Å². The smallest absolute Gasteiger partial charge is 0.313 e. The maximum absolute atomic E-state index is 12.8. The molecule has 1 heterocycles. The van der Waals surface area contributed by atoms with Gasteiger partial charge in [-0.2, -0.15) is 0 Å². The molecule has 1 aliphatic carbocycles. The van der Waals surface area contributed by atoms with E-state index in [1.165, 1.54) is 0 Å². The molecule has 0 spiro atoms. The minimum absolute atomic E-state index is 0.00208. The van der Waals surface area contributed by atoms with Crippen molar-refractivity contribution in [2.24, 2.45) is 5.92 Å². The van der Waals surface area contributed by atoms with Gasteiger partial charge in [-0.3, -0.25) is 14.4 Å². The van der Waals surface area contributed by atoms with Crippen molar-refractivity contribution in [3.8, 4) is 11.5 Å². The summed E-state index contributed by atoms with van der Waals surface area (Å²) in [5.41, 5.74) is 1.41. The number of ether oxygens (including phenoxy) is 2. The minimum Gasteiger partial charge on any atom is -0.454 e. The highest BCUT2D eigenvalue weighted by atomic mass is 16.7. The molecule has 168 valence electrons. The van der Waals surface area contributed by atoms with E-state index in [1.807, 2.05) is 12.1 Å². The highest BCUT2D eigenvalue weighted by Crippen LogP contribution is 2.32. The third kappa shape index (κ3) is 5.01. The van der Waals surface area contributed by atoms with Crippen molar-refractivity contribution in [1.29, 1.82) is 0 Å². The summed E-state index contributed by atoms with van der Waals surface area (Å²) >= 11 is 0. The number of para-hydroxylation sites is 1. The van der Waals surface area contributed by atoms with Crippen molar-refractivity contribution in [2.75, 3.05) is 12.1 Å². The normalized spacial score (nSPS) is 19.2. The molecule has 0 saturated heterocycles. The van der Waals surface area contributed by atoms with Crippen molar-refractivity contribution in [3.63, 3.8) is 0 Å². The van der Waals surface area contributed by atoms with E-state index in [9.17, 15) is 14.4 Å². The summed E-state index contributed by atoms with van der Waals surface area (Å²) in [5.74, 6) is -0.163. The molecular formula is C24H27N3O5. The fraction of sp³-hybridized carbons (Fsp3) is 0.375. The molecule has 0 aromatic heterocycles. The molecule has 3 amide bonds. The first-order chi connectivity index (χ1) is 15.5. The molecule has 4 rings (SSSR count). The number of anilines is 1. The third-order valence-electron chi connectivity index (χ3n) is 5.94. The van der Waals surface area contributed by atoms with Gasteiger partial charge in [-0.05, 0) is 48.6 Å². The number of benzene rings is 2. The van der Waals surface area contributed by atoms with Gasteiger partial charge in [-0.15, -0.1) is 0 Å². The van der Waals surface area contributed by atoms with Crippen LogP contribution in [0.3, 0.4) is 0 Å². The number of rotatable bonds is 5.